The Kier molecular flexibility index (Phi) is 5.68. The first-order chi connectivity index (χ1) is 14.5. The zero-order valence-corrected chi connectivity index (χ0v) is 17.2. The average Bonchev–Trinajstić information content (AvgIpc) is 3.15. The second-order valence-electron chi connectivity index (χ2n) is 6.75. The summed E-state index contributed by atoms with van der Waals surface area (Å²) in [5.74, 6) is 1.18. The van der Waals surface area contributed by atoms with Crippen molar-refractivity contribution in [1.82, 2.24) is 15.0 Å². The van der Waals surface area contributed by atoms with Crippen LogP contribution in [0.4, 0.5) is 4.39 Å². The Balaban J connectivity index is 1.58. The largest absolute Gasteiger partial charge is 0.496 e. The number of aromatic nitrogens is 3. The smallest absolute Gasteiger partial charge is 0.212 e. The number of halogens is 2. The molecule has 0 radical (unpaired) electrons. The number of aromatic amines is 1. The van der Waals surface area contributed by atoms with E-state index in [1.54, 1.807) is 19.2 Å². The fraction of sp³-hybridized carbons (Fsp3) is 0.130. The first-order valence-electron chi connectivity index (χ1n) is 9.27. The van der Waals surface area contributed by atoms with Crippen LogP contribution in [0.1, 0.15) is 11.1 Å². The normalized spacial score (nSPS) is 10.8. The molecule has 0 saturated carbocycles. The number of methoxy groups -OCH3 is 1. The summed E-state index contributed by atoms with van der Waals surface area (Å²) in [6.45, 7) is 2.50. The predicted octanol–water partition coefficient (Wildman–Crippen LogP) is 5.83. The average molecular weight is 424 g/mol. The monoisotopic (exact) mass is 423 g/mol. The van der Waals surface area contributed by atoms with Gasteiger partial charge in [0, 0.05) is 23.4 Å². The van der Waals surface area contributed by atoms with Gasteiger partial charge >= 0.3 is 0 Å². The van der Waals surface area contributed by atoms with Gasteiger partial charge in [0.25, 0.3) is 0 Å². The Morgan fingerprint density at radius 1 is 1.07 bits per heavy atom. The molecular formula is C23H19ClFN3O2. The molecule has 0 spiro atoms. The number of pyridine rings is 1. The lowest BCUT2D eigenvalue weighted by molar-refractivity contribution is 0.304. The molecule has 2 aromatic carbocycles. The van der Waals surface area contributed by atoms with Crippen LogP contribution in [0, 0.1) is 12.9 Å². The highest BCUT2D eigenvalue weighted by molar-refractivity contribution is 6.32. The Hall–Kier alpha value is -3.38. The number of ether oxygens (including phenoxy) is 2. The first kappa shape index (κ1) is 19.9. The van der Waals surface area contributed by atoms with Crippen LogP contribution >= 0.6 is 11.6 Å². The van der Waals surface area contributed by atoms with E-state index in [1.165, 1.54) is 17.8 Å². The fourth-order valence-electron chi connectivity index (χ4n) is 2.99. The molecule has 4 aromatic rings. The number of nitrogens with one attached hydrogen (secondary N) is 1. The zero-order valence-electron chi connectivity index (χ0n) is 16.4. The van der Waals surface area contributed by atoms with Crippen LogP contribution in [-0.4, -0.2) is 22.1 Å². The molecule has 5 nitrogen and oxygen atoms in total. The van der Waals surface area contributed by atoms with Gasteiger partial charge in [-0.2, -0.15) is 4.39 Å². The maximum absolute atomic E-state index is 13.1. The van der Waals surface area contributed by atoms with Crippen molar-refractivity contribution in [3.63, 3.8) is 0 Å². The Morgan fingerprint density at radius 3 is 2.57 bits per heavy atom. The van der Waals surface area contributed by atoms with Crippen molar-refractivity contribution in [3.8, 4) is 34.1 Å². The minimum atomic E-state index is -0.556. The summed E-state index contributed by atoms with van der Waals surface area (Å²) >= 11 is 6.38. The van der Waals surface area contributed by atoms with Crippen LogP contribution in [-0.2, 0) is 6.61 Å². The van der Waals surface area contributed by atoms with Gasteiger partial charge in [-0.25, -0.2) is 9.97 Å². The third-order valence-electron chi connectivity index (χ3n) is 4.61. The van der Waals surface area contributed by atoms with E-state index in [1.807, 2.05) is 31.2 Å². The highest BCUT2D eigenvalue weighted by atomic mass is 35.5. The van der Waals surface area contributed by atoms with Crippen molar-refractivity contribution in [2.45, 2.75) is 13.5 Å². The number of hydrogen-bond acceptors (Lipinski definition) is 4. The summed E-state index contributed by atoms with van der Waals surface area (Å²) in [5, 5.41) is 0.348. The van der Waals surface area contributed by atoms with Crippen LogP contribution < -0.4 is 9.47 Å². The molecule has 4 rings (SSSR count). The van der Waals surface area contributed by atoms with Crippen molar-refractivity contribution >= 4 is 11.6 Å². The number of benzene rings is 2. The van der Waals surface area contributed by atoms with E-state index in [0.717, 1.165) is 5.56 Å². The highest BCUT2D eigenvalue weighted by Crippen LogP contribution is 2.37. The van der Waals surface area contributed by atoms with Crippen molar-refractivity contribution in [2.75, 3.05) is 7.11 Å². The quantitative estimate of drug-likeness (QED) is 0.396. The Bertz CT molecular complexity index is 1160. The van der Waals surface area contributed by atoms with Crippen LogP contribution in [0.3, 0.4) is 0 Å². The second-order valence-corrected chi connectivity index (χ2v) is 7.13. The summed E-state index contributed by atoms with van der Waals surface area (Å²) in [6.07, 6.45) is 1.40. The van der Waals surface area contributed by atoms with Gasteiger partial charge in [0.05, 0.1) is 7.11 Å². The van der Waals surface area contributed by atoms with Crippen LogP contribution in [0.2, 0.25) is 5.15 Å². The molecule has 0 aliphatic carbocycles. The fourth-order valence-corrected chi connectivity index (χ4v) is 3.22. The van der Waals surface area contributed by atoms with E-state index in [0.29, 0.717) is 45.9 Å². The lowest BCUT2D eigenvalue weighted by Crippen LogP contribution is -1.97. The standard InChI is InChI=1S/C23H19ClFN3O2/c1-14-3-5-15(6-4-14)13-30-17-8-9-18(19(11-17)29-2)21-22(24)28-23(27-21)16-7-10-20(25)26-12-16/h3-12H,13H2,1-2H3,(H,27,28). The van der Waals surface area contributed by atoms with E-state index in [-0.39, 0.29) is 0 Å². The number of rotatable bonds is 6. The maximum atomic E-state index is 13.1. The van der Waals surface area contributed by atoms with Crippen molar-refractivity contribution in [2.24, 2.45) is 0 Å². The minimum Gasteiger partial charge on any atom is -0.496 e. The molecule has 1 N–H and O–H groups in total. The molecule has 0 bridgehead atoms. The molecule has 0 amide bonds. The number of hydrogen-bond donors (Lipinski definition) is 1. The van der Waals surface area contributed by atoms with E-state index >= 15 is 0 Å². The van der Waals surface area contributed by atoms with Gasteiger partial charge in [0.15, 0.2) is 0 Å². The number of imidazole rings is 1. The molecule has 2 aromatic heterocycles. The summed E-state index contributed by atoms with van der Waals surface area (Å²) in [4.78, 5) is 11.2. The van der Waals surface area contributed by atoms with E-state index < -0.39 is 5.95 Å². The summed E-state index contributed by atoms with van der Waals surface area (Å²) in [5.41, 5.74) is 4.15. The van der Waals surface area contributed by atoms with Crippen LogP contribution in [0.25, 0.3) is 22.6 Å². The van der Waals surface area contributed by atoms with Crippen LogP contribution in [0.5, 0.6) is 11.5 Å². The third-order valence-corrected chi connectivity index (χ3v) is 4.89. The minimum absolute atomic E-state index is 0.348. The zero-order chi connectivity index (χ0) is 21.1. The molecule has 0 aliphatic rings. The highest BCUT2D eigenvalue weighted by Gasteiger charge is 2.17. The first-order valence-corrected chi connectivity index (χ1v) is 9.65. The van der Waals surface area contributed by atoms with Crippen LogP contribution in [0.15, 0.2) is 60.8 Å². The molecule has 0 atom stereocenters. The van der Waals surface area contributed by atoms with Gasteiger partial charge in [-0.05, 0) is 36.8 Å². The predicted molar refractivity (Wildman–Crippen MR) is 114 cm³/mol. The number of H-pyrrole nitrogens is 1. The summed E-state index contributed by atoms with van der Waals surface area (Å²) < 4.78 is 24.5. The van der Waals surface area contributed by atoms with Gasteiger partial charge in [-0.3, -0.25) is 0 Å². The lowest BCUT2D eigenvalue weighted by Gasteiger charge is -2.11. The van der Waals surface area contributed by atoms with Crippen molar-refractivity contribution in [3.05, 3.63) is 83.0 Å². The Labute approximate surface area is 178 Å². The molecular weight excluding hydrogens is 405 g/mol. The number of aryl methyl sites for hydroxylation is 1. The molecule has 30 heavy (non-hydrogen) atoms. The molecule has 0 unspecified atom stereocenters. The van der Waals surface area contributed by atoms with Gasteiger partial charge < -0.3 is 14.5 Å². The van der Waals surface area contributed by atoms with Gasteiger partial charge in [0.2, 0.25) is 5.95 Å². The molecule has 0 saturated heterocycles. The molecule has 0 aliphatic heterocycles. The van der Waals surface area contributed by atoms with E-state index in [9.17, 15) is 4.39 Å². The van der Waals surface area contributed by atoms with E-state index in [2.05, 4.69) is 27.1 Å². The third kappa shape index (κ3) is 4.28. The molecule has 2 heterocycles. The molecule has 0 fully saturated rings. The SMILES string of the molecule is COc1cc(OCc2ccc(C)cc2)ccc1-c1nc(-c2ccc(F)nc2)[nH]c1Cl. The summed E-state index contributed by atoms with van der Waals surface area (Å²) in [6, 6.07) is 16.5. The maximum Gasteiger partial charge on any atom is 0.212 e. The Morgan fingerprint density at radius 2 is 1.87 bits per heavy atom. The van der Waals surface area contributed by atoms with E-state index in [4.69, 9.17) is 21.1 Å². The topological polar surface area (TPSA) is 60.0 Å². The summed E-state index contributed by atoms with van der Waals surface area (Å²) in [7, 11) is 1.58. The van der Waals surface area contributed by atoms with Gasteiger partial charge in [0.1, 0.15) is 34.8 Å². The van der Waals surface area contributed by atoms with Gasteiger partial charge in [-0.1, -0.05) is 41.4 Å². The van der Waals surface area contributed by atoms with Crippen molar-refractivity contribution in [1.29, 1.82) is 0 Å². The van der Waals surface area contributed by atoms with Crippen molar-refractivity contribution < 1.29 is 13.9 Å². The molecule has 7 heteroatoms. The molecule has 152 valence electrons. The van der Waals surface area contributed by atoms with Gasteiger partial charge in [-0.15, -0.1) is 0 Å². The second kappa shape index (κ2) is 8.55. The lowest BCUT2D eigenvalue weighted by atomic mass is 10.1. The number of nitrogens with zero attached hydrogens (tertiary/aromatic N) is 2.